The maximum Gasteiger partial charge on any atom is 0.291 e. The molecule has 0 radical (unpaired) electrons. The Morgan fingerprint density at radius 1 is 0.941 bits per heavy atom. The second-order valence-electron chi connectivity index (χ2n) is 7.78. The molecule has 9 heteroatoms. The number of hydrogen-bond acceptors (Lipinski definition) is 5. The van der Waals surface area contributed by atoms with Gasteiger partial charge in [-0.05, 0) is 35.9 Å². The summed E-state index contributed by atoms with van der Waals surface area (Å²) in [5.41, 5.74) is 2.93. The van der Waals surface area contributed by atoms with Gasteiger partial charge in [-0.25, -0.2) is 4.39 Å². The highest BCUT2D eigenvalue weighted by atomic mass is 79.9. The summed E-state index contributed by atoms with van der Waals surface area (Å²) < 4.78 is 15.8. The topological polar surface area (TPSA) is 67.6 Å². The van der Waals surface area contributed by atoms with Gasteiger partial charge in [0, 0.05) is 15.6 Å². The van der Waals surface area contributed by atoms with E-state index in [1.807, 2.05) is 48.5 Å². The van der Waals surface area contributed by atoms with Crippen molar-refractivity contribution >= 4 is 49.4 Å². The fourth-order valence-electron chi connectivity index (χ4n) is 4.04. The van der Waals surface area contributed by atoms with Crippen LogP contribution in [0.15, 0.2) is 82.1 Å². The number of nitrogens with zero attached hydrogens (tertiary/aromatic N) is 4. The van der Waals surface area contributed by atoms with Crippen LogP contribution < -0.4 is 15.0 Å². The minimum Gasteiger partial charge on any atom is -0.303 e. The molecule has 1 amide bonds. The summed E-state index contributed by atoms with van der Waals surface area (Å²) in [6.45, 7) is 0.266. The molecule has 1 aliphatic rings. The number of thiazole rings is 1. The molecule has 34 heavy (non-hydrogen) atoms. The van der Waals surface area contributed by atoms with Crippen molar-refractivity contribution in [2.75, 3.05) is 4.90 Å². The van der Waals surface area contributed by atoms with E-state index in [0.717, 1.165) is 26.9 Å². The van der Waals surface area contributed by atoms with Gasteiger partial charge in [0.15, 0.2) is 5.82 Å². The predicted molar refractivity (Wildman–Crippen MR) is 132 cm³/mol. The average molecular weight is 533 g/mol. The molecule has 0 saturated carbocycles. The second-order valence-corrected chi connectivity index (χ2v) is 9.68. The number of hydrogen-bond donors (Lipinski definition) is 0. The minimum absolute atomic E-state index is 0.266. The number of carbonyl (C=O) groups excluding carboxylic acids is 1. The lowest BCUT2D eigenvalue weighted by atomic mass is 10.1. The molecule has 5 aromatic rings. The highest BCUT2D eigenvalue weighted by molar-refractivity contribution is 9.10. The fraction of sp³-hybridized carbons (Fsp3) is 0.0400. The summed E-state index contributed by atoms with van der Waals surface area (Å²) >= 11 is 4.55. The summed E-state index contributed by atoms with van der Waals surface area (Å²) in [6.07, 6.45) is 0. The van der Waals surface area contributed by atoms with Crippen molar-refractivity contribution in [2.45, 2.75) is 6.54 Å². The van der Waals surface area contributed by atoms with Gasteiger partial charge in [0.25, 0.3) is 11.5 Å². The number of anilines is 1. The van der Waals surface area contributed by atoms with Crippen molar-refractivity contribution in [3.8, 4) is 11.4 Å². The van der Waals surface area contributed by atoms with Gasteiger partial charge in [0.05, 0.1) is 17.8 Å². The van der Waals surface area contributed by atoms with E-state index >= 15 is 0 Å². The maximum absolute atomic E-state index is 13.5. The molecule has 0 unspecified atom stereocenters. The van der Waals surface area contributed by atoms with Crippen molar-refractivity contribution in [2.24, 2.45) is 0 Å². The summed E-state index contributed by atoms with van der Waals surface area (Å²) in [7, 11) is 0. The van der Waals surface area contributed by atoms with Crippen LogP contribution in [0.5, 0.6) is 0 Å². The van der Waals surface area contributed by atoms with E-state index in [2.05, 4.69) is 26.0 Å². The van der Waals surface area contributed by atoms with Gasteiger partial charge in [0.2, 0.25) is 4.96 Å². The van der Waals surface area contributed by atoms with Crippen LogP contribution in [0.4, 0.5) is 10.1 Å². The van der Waals surface area contributed by atoms with Crippen molar-refractivity contribution < 1.29 is 9.18 Å². The van der Waals surface area contributed by atoms with Crippen molar-refractivity contribution in [3.63, 3.8) is 0 Å². The summed E-state index contributed by atoms with van der Waals surface area (Å²) in [6, 6.07) is 20.9. The highest BCUT2D eigenvalue weighted by Gasteiger charge is 2.34. The molecule has 166 valence electrons. The first-order chi connectivity index (χ1) is 16.5. The number of amides is 1. The first kappa shape index (κ1) is 20.9. The first-order valence-corrected chi connectivity index (χ1v) is 12.0. The highest BCUT2D eigenvalue weighted by Crippen LogP contribution is 2.36. The minimum atomic E-state index is -0.377. The number of carbonyl (C=O) groups is 1. The third-order valence-corrected chi connectivity index (χ3v) is 7.22. The Labute approximate surface area is 204 Å². The SMILES string of the molecule is O=C1/C(=c2\sc3nc(-c4ccc(Br)cc4)nn3c2=O)c2ccccc2N1Cc1ccc(F)cc1. The number of aromatic nitrogens is 3. The van der Waals surface area contributed by atoms with Gasteiger partial charge in [0.1, 0.15) is 10.3 Å². The third kappa shape index (κ3) is 3.36. The Bertz CT molecular complexity index is 1690. The van der Waals surface area contributed by atoms with Crippen LogP contribution in [0.1, 0.15) is 11.1 Å². The molecule has 1 aliphatic heterocycles. The van der Waals surface area contributed by atoms with E-state index in [1.54, 1.807) is 17.0 Å². The Kier molecular flexibility index (Phi) is 4.89. The molecule has 0 N–H and O–H groups in total. The Morgan fingerprint density at radius 2 is 1.68 bits per heavy atom. The molecule has 0 aliphatic carbocycles. The van der Waals surface area contributed by atoms with Crippen LogP contribution >= 0.6 is 27.3 Å². The number of halogens is 2. The largest absolute Gasteiger partial charge is 0.303 e. The molecule has 0 fully saturated rings. The van der Waals surface area contributed by atoms with E-state index in [1.165, 1.54) is 16.6 Å². The zero-order valence-corrected chi connectivity index (χ0v) is 19.8. The predicted octanol–water partition coefficient (Wildman–Crippen LogP) is 4.18. The Morgan fingerprint density at radius 3 is 2.41 bits per heavy atom. The monoisotopic (exact) mass is 532 g/mol. The van der Waals surface area contributed by atoms with Gasteiger partial charge < -0.3 is 4.90 Å². The normalized spacial score (nSPS) is 14.8. The molecule has 0 bridgehead atoms. The van der Waals surface area contributed by atoms with Crippen molar-refractivity contribution in [1.82, 2.24) is 14.6 Å². The second kappa shape index (κ2) is 7.96. The van der Waals surface area contributed by atoms with Crippen LogP contribution in [0.25, 0.3) is 21.9 Å². The number of fused-ring (bicyclic) bond motifs is 2. The molecular weight excluding hydrogens is 519 g/mol. The molecular formula is C25H14BrFN4O2S. The van der Waals surface area contributed by atoms with Gasteiger partial charge in [-0.2, -0.15) is 9.50 Å². The molecule has 2 aromatic heterocycles. The van der Waals surface area contributed by atoms with Crippen LogP contribution in [0.2, 0.25) is 0 Å². The lowest BCUT2D eigenvalue weighted by Gasteiger charge is -2.17. The summed E-state index contributed by atoms with van der Waals surface area (Å²) in [5, 5.41) is 4.39. The molecule has 3 aromatic carbocycles. The molecule has 6 nitrogen and oxygen atoms in total. The van der Waals surface area contributed by atoms with Gasteiger partial charge in [-0.15, -0.1) is 5.10 Å². The standard InChI is InChI=1S/C25H14BrFN4O2S/c26-16-9-7-15(8-10-16)22-28-25-31(29-22)24(33)21(34-25)20-18-3-1-2-4-19(18)30(23(20)32)13-14-5-11-17(27)12-6-14/h1-12H,13H2/b21-20-. The van der Waals surface area contributed by atoms with Gasteiger partial charge in [-0.1, -0.05) is 69.7 Å². The van der Waals surface area contributed by atoms with Gasteiger partial charge >= 0.3 is 0 Å². The molecule has 6 rings (SSSR count). The van der Waals surface area contributed by atoms with Crippen LogP contribution in [0, 0.1) is 5.82 Å². The average Bonchev–Trinajstić information content (AvgIpc) is 3.47. The Hall–Kier alpha value is -3.69. The van der Waals surface area contributed by atoms with Gasteiger partial charge in [-0.3, -0.25) is 9.59 Å². The van der Waals surface area contributed by atoms with Crippen molar-refractivity contribution in [3.05, 3.63) is 109 Å². The summed E-state index contributed by atoms with van der Waals surface area (Å²) in [4.78, 5) is 33.4. The smallest absolute Gasteiger partial charge is 0.291 e. The fourth-order valence-corrected chi connectivity index (χ4v) is 5.30. The third-order valence-electron chi connectivity index (χ3n) is 5.66. The lowest BCUT2D eigenvalue weighted by Crippen LogP contribution is -2.32. The Balaban J connectivity index is 1.48. The molecule has 3 heterocycles. The van der Waals surface area contributed by atoms with Crippen LogP contribution in [-0.2, 0) is 11.3 Å². The number of rotatable bonds is 3. The van der Waals surface area contributed by atoms with E-state index in [0.29, 0.717) is 32.1 Å². The molecule has 0 saturated heterocycles. The quantitative estimate of drug-likeness (QED) is 0.349. The molecule has 0 spiro atoms. The van der Waals surface area contributed by atoms with Crippen LogP contribution in [-0.4, -0.2) is 20.5 Å². The summed E-state index contributed by atoms with van der Waals surface area (Å²) in [5.74, 6) is -0.166. The van der Waals surface area contributed by atoms with Crippen LogP contribution in [0.3, 0.4) is 0 Å². The maximum atomic E-state index is 13.5. The first-order valence-electron chi connectivity index (χ1n) is 10.3. The van der Waals surface area contributed by atoms with E-state index < -0.39 is 0 Å². The molecule has 0 atom stereocenters. The number of benzene rings is 3. The zero-order valence-electron chi connectivity index (χ0n) is 17.4. The zero-order chi connectivity index (χ0) is 23.4. The van der Waals surface area contributed by atoms with E-state index in [9.17, 15) is 14.0 Å². The van der Waals surface area contributed by atoms with E-state index in [-0.39, 0.29) is 23.8 Å². The number of para-hydroxylation sites is 1. The van der Waals surface area contributed by atoms with Crippen molar-refractivity contribution in [1.29, 1.82) is 0 Å². The van der Waals surface area contributed by atoms with E-state index in [4.69, 9.17) is 0 Å². The lowest BCUT2D eigenvalue weighted by molar-refractivity contribution is -0.113.